The van der Waals surface area contributed by atoms with Crippen LogP contribution in [-0.4, -0.2) is 29.0 Å². The maximum atomic E-state index is 12.1. The summed E-state index contributed by atoms with van der Waals surface area (Å²) in [6, 6.07) is 0.414. The Bertz CT molecular complexity index is 467. The van der Waals surface area contributed by atoms with Crippen molar-refractivity contribution in [1.29, 1.82) is 0 Å². The summed E-state index contributed by atoms with van der Waals surface area (Å²) in [5.41, 5.74) is 0.672. The van der Waals surface area contributed by atoms with E-state index in [0.717, 1.165) is 31.7 Å². The summed E-state index contributed by atoms with van der Waals surface area (Å²) >= 11 is 3.36. The van der Waals surface area contributed by atoms with E-state index in [0.29, 0.717) is 10.5 Å². The summed E-state index contributed by atoms with van der Waals surface area (Å²) in [6.45, 7) is 5.41. The van der Waals surface area contributed by atoms with Crippen LogP contribution in [0.4, 0.5) is 5.69 Å². The molecule has 0 aliphatic carbocycles. The average Bonchev–Trinajstić information content (AvgIpc) is 2.36. The third-order valence-electron chi connectivity index (χ3n) is 3.01. The van der Waals surface area contributed by atoms with E-state index in [2.05, 4.69) is 26.3 Å². The van der Waals surface area contributed by atoms with Crippen LogP contribution in [0.15, 0.2) is 15.5 Å². The van der Waals surface area contributed by atoms with Crippen molar-refractivity contribution in [2.24, 2.45) is 0 Å². The lowest BCUT2D eigenvalue weighted by Crippen LogP contribution is -2.31. The number of nitrogens with one attached hydrogen (secondary N) is 1. The Morgan fingerprint density at radius 3 is 2.78 bits per heavy atom. The summed E-state index contributed by atoms with van der Waals surface area (Å²) in [6.07, 6.45) is 3.63. The number of halogens is 1. The van der Waals surface area contributed by atoms with Crippen molar-refractivity contribution >= 4 is 21.6 Å². The van der Waals surface area contributed by atoms with Crippen molar-refractivity contribution in [3.05, 3.63) is 21.0 Å². The molecule has 1 saturated heterocycles. The Kier molecular flexibility index (Phi) is 4.40. The van der Waals surface area contributed by atoms with Crippen LogP contribution in [0.1, 0.15) is 32.7 Å². The second-order valence-electron chi connectivity index (χ2n) is 4.75. The predicted molar refractivity (Wildman–Crippen MR) is 74.0 cm³/mol. The molecule has 0 amide bonds. The second kappa shape index (κ2) is 5.84. The normalized spacial score (nSPS) is 17.1. The Morgan fingerprint density at radius 2 is 2.17 bits per heavy atom. The largest absolute Gasteiger partial charge is 0.381 e. The molecule has 1 aliphatic heterocycles. The third kappa shape index (κ3) is 2.92. The second-order valence-corrected chi connectivity index (χ2v) is 5.54. The van der Waals surface area contributed by atoms with Crippen molar-refractivity contribution in [1.82, 2.24) is 9.78 Å². The quantitative estimate of drug-likeness (QED) is 0.929. The smallest absolute Gasteiger partial charge is 0.283 e. The topological polar surface area (TPSA) is 56.1 Å². The molecular weight excluding hydrogens is 298 g/mol. The summed E-state index contributed by atoms with van der Waals surface area (Å²) in [5.74, 6) is 0. The Balaban J connectivity index is 2.19. The fourth-order valence-electron chi connectivity index (χ4n) is 1.98. The molecule has 0 saturated carbocycles. The van der Waals surface area contributed by atoms with Gasteiger partial charge in [-0.15, -0.1) is 0 Å². The standard InChI is InChI=1S/C12H18BrN3O2/c1-8(2)16-12(17)11(13)10(7-14-16)15-9-3-5-18-6-4-9/h7-9,15H,3-6H2,1-2H3. The van der Waals surface area contributed by atoms with E-state index in [1.54, 1.807) is 6.20 Å². The van der Waals surface area contributed by atoms with E-state index >= 15 is 0 Å². The van der Waals surface area contributed by atoms with Gasteiger partial charge in [-0.2, -0.15) is 5.10 Å². The third-order valence-corrected chi connectivity index (χ3v) is 3.78. The highest BCUT2D eigenvalue weighted by Gasteiger charge is 2.17. The molecule has 1 aromatic heterocycles. The van der Waals surface area contributed by atoms with E-state index in [9.17, 15) is 4.79 Å². The highest BCUT2D eigenvalue weighted by atomic mass is 79.9. The van der Waals surface area contributed by atoms with Gasteiger partial charge in [0.15, 0.2) is 0 Å². The monoisotopic (exact) mass is 315 g/mol. The van der Waals surface area contributed by atoms with Gasteiger partial charge in [-0.3, -0.25) is 4.79 Å². The van der Waals surface area contributed by atoms with Crippen LogP contribution in [0.2, 0.25) is 0 Å². The van der Waals surface area contributed by atoms with Gasteiger partial charge in [-0.1, -0.05) is 0 Å². The van der Waals surface area contributed by atoms with Crippen LogP contribution in [0, 0.1) is 0 Å². The first-order valence-corrected chi connectivity index (χ1v) is 7.00. The zero-order valence-corrected chi connectivity index (χ0v) is 12.2. The van der Waals surface area contributed by atoms with Crippen LogP contribution in [0.3, 0.4) is 0 Å². The van der Waals surface area contributed by atoms with E-state index in [-0.39, 0.29) is 11.6 Å². The molecule has 6 heteroatoms. The van der Waals surface area contributed by atoms with Gasteiger partial charge in [0.05, 0.1) is 17.9 Å². The summed E-state index contributed by atoms with van der Waals surface area (Å²) in [5, 5.41) is 7.54. The number of aromatic nitrogens is 2. The number of hydrogen-bond donors (Lipinski definition) is 1. The van der Waals surface area contributed by atoms with Crippen molar-refractivity contribution in [2.75, 3.05) is 18.5 Å². The lowest BCUT2D eigenvalue weighted by molar-refractivity contribution is 0.0904. The van der Waals surface area contributed by atoms with Crippen LogP contribution in [0.25, 0.3) is 0 Å². The molecule has 0 radical (unpaired) electrons. The first-order chi connectivity index (χ1) is 8.59. The van der Waals surface area contributed by atoms with Gasteiger partial charge in [0.25, 0.3) is 5.56 Å². The first kappa shape index (κ1) is 13.5. The molecule has 1 N–H and O–H groups in total. The van der Waals surface area contributed by atoms with E-state index in [1.165, 1.54) is 4.68 Å². The maximum absolute atomic E-state index is 12.1. The van der Waals surface area contributed by atoms with Crippen LogP contribution in [0.5, 0.6) is 0 Å². The zero-order chi connectivity index (χ0) is 13.1. The predicted octanol–water partition coefficient (Wildman–Crippen LogP) is 2.18. The number of nitrogens with zero attached hydrogens (tertiary/aromatic N) is 2. The number of hydrogen-bond acceptors (Lipinski definition) is 4. The highest BCUT2D eigenvalue weighted by molar-refractivity contribution is 9.10. The summed E-state index contributed by atoms with van der Waals surface area (Å²) in [7, 11) is 0. The van der Waals surface area contributed by atoms with Gasteiger partial charge >= 0.3 is 0 Å². The van der Waals surface area contributed by atoms with Crippen molar-refractivity contribution in [2.45, 2.75) is 38.8 Å². The molecule has 100 valence electrons. The van der Waals surface area contributed by atoms with E-state index < -0.39 is 0 Å². The van der Waals surface area contributed by atoms with Crippen molar-refractivity contribution in [3.8, 4) is 0 Å². The lowest BCUT2D eigenvalue weighted by atomic mass is 10.1. The highest BCUT2D eigenvalue weighted by Crippen LogP contribution is 2.20. The van der Waals surface area contributed by atoms with Crippen molar-refractivity contribution < 1.29 is 4.74 Å². The fraction of sp³-hybridized carbons (Fsp3) is 0.667. The number of anilines is 1. The lowest BCUT2D eigenvalue weighted by Gasteiger charge is -2.24. The molecule has 2 rings (SSSR count). The molecule has 1 aliphatic rings. The fourth-order valence-corrected chi connectivity index (χ4v) is 2.37. The van der Waals surface area contributed by atoms with Crippen LogP contribution in [-0.2, 0) is 4.74 Å². The van der Waals surface area contributed by atoms with Crippen LogP contribution < -0.4 is 10.9 Å². The minimum Gasteiger partial charge on any atom is -0.381 e. The zero-order valence-electron chi connectivity index (χ0n) is 10.6. The molecule has 0 bridgehead atoms. The first-order valence-electron chi connectivity index (χ1n) is 6.21. The molecule has 5 nitrogen and oxygen atoms in total. The minimum atomic E-state index is -0.0953. The Morgan fingerprint density at radius 1 is 1.50 bits per heavy atom. The van der Waals surface area contributed by atoms with E-state index in [4.69, 9.17) is 4.74 Å². The molecule has 1 aromatic rings. The van der Waals surface area contributed by atoms with Gasteiger partial charge in [-0.25, -0.2) is 4.68 Å². The van der Waals surface area contributed by atoms with Gasteiger partial charge in [0.2, 0.25) is 0 Å². The molecule has 0 spiro atoms. The number of rotatable bonds is 3. The van der Waals surface area contributed by atoms with Gasteiger partial charge < -0.3 is 10.1 Å². The van der Waals surface area contributed by atoms with Gasteiger partial charge in [0.1, 0.15) is 4.47 Å². The molecular formula is C12H18BrN3O2. The molecule has 0 atom stereocenters. The van der Waals surface area contributed by atoms with Gasteiger partial charge in [0, 0.05) is 19.3 Å². The van der Waals surface area contributed by atoms with Crippen molar-refractivity contribution in [3.63, 3.8) is 0 Å². The summed E-state index contributed by atoms with van der Waals surface area (Å²) < 4.78 is 7.33. The van der Waals surface area contributed by atoms with Gasteiger partial charge in [-0.05, 0) is 42.6 Å². The average molecular weight is 316 g/mol. The SMILES string of the molecule is CC(C)n1ncc(NC2CCOCC2)c(Br)c1=O. The maximum Gasteiger partial charge on any atom is 0.283 e. The van der Waals surface area contributed by atoms with E-state index in [1.807, 2.05) is 13.8 Å². The summed E-state index contributed by atoms with van der Waals surface area (Å²) in [4.78, 5) is 12.1. The Hall–Kier alpha value is -0.880. The molecule has 0 unspecified atom stereocenters. The number of ether oxygens (including phenoxy) is 1. The molecule has 0 aromatic carbocycles. The Labute approximate surface area is 115 Å². The molecule has 1 fully saturated rings. The molecule has 18 heavy (non-hydrogen) atoms. The molecule has 2 heterocycles. The van der Waals surface area contributed by atoms with Crippen LogP contribution >= 0.6 is 15.9 Å². The minimum absolute atomic E-state index is 0.0610.